The third kappa shape index (κ3) is 4.93. The zero-order valence-electron chi connectivity index (χ0n) is 19.1. The molecule has 2 N–H and O–H groups in total. The highest BCUT2D eigenvalue weighted by atomic mass is 32.2. The van der Waals surface area contributed by atoms with Gasteiger partial charge in [0.25, 0.3) is 0 Å². The lowest BCUT2D eigenvalue weighted by atomic mass is 10.2. The van der Waals surface area contributed by atoms with Crippen molar-refractivity contribution in [1.29, 1.82) is 0 Å². The number of aromatic nitrogens is 2. The Kier molecular flexibility index (Phi) is 7.20. The second-order valence-electron chi connectivity index (χ2n) is 7.51. The van der Waals surface area contributed by atoms with Crippen molar-refractivity contribution < 1.29 is 22.8 Å². The number of methoxy groups -OCH3 is 2. The molecule has 10 nitrogen and oxygen atoms in total. The molecule has 1 aromatic carbocycles. The maximum absolute atomic E-state index is 13.2. The first-order chi connectivity index (χ1) is 16.4. The van der Waals surface area contributed by atoms with E-state index in [0.717, 1.165) is 18.2 Å². The lowest BCUT2D eigenvalue weighted by molar-refractivity contribution is 0.392. The van der Waals surface area contributed by atoms with Gasteiger partial charge in [0, 0.05) is 11.4 Å². The summed E-state index contributed by atoms with van der Waals surface area (Å²) in [5, 5.41) is 4.05. The van der Waals surface area contributed by atoms with E-state index in [2.05, 4.69) is 25.2 Å². The van der Waals surface area contributed by atoms with Crippen LogP contribution in [0.2, 0.25) is 0 Å². The number of nitrogens with one attached hydrogen (secondary N) is 2. The standard InChI is InChI=1S/C22H25FN6O4S/c1-13-8-9-18(33-13)21-26-27-22(29(21)20-16(31-3)6-5-7-17(20)32-4)28-34(30)14(2)10-19-24-11-15(23)12-25-19/h5-9,11-12,14,22,27-28H,10H2,1-4H3. The van der Waals surface area contributed by atoms with Gasteiger partial charge in [-0.2, -0.15) is 5.10 Å². The number of para-hydroxylation sites is 1. The number of rotatable bonds is 9. The normalized spacial score (nSPS) is 17.2. The van der Waals surface area contributed by atoms with Crippen molar-refractivity contribution in [2.24, 2.45) is 5.10 Å². The van der Waals surface area contributed by atoms with Crippen molar-refractivity contribution in [3.05, 3.63) is 65.9 Å². The van der Waals surface area contributed by atoms with E-state index in [9.17, 15) is 8.94 Å². The Morgan fingerprint density at radius 2 is 1.88 bits per heavy atom. The number of anilines is 1. The zero-order valence-corrected chi connectivity index (χ0v) is 19.9. The predicted molar refractivity (Wildman–Crippen MR) is 125 cm³/mol. The maximum atomic E-state index is 13.2. The van der Waals surface area contributed by atoms with Gasteiger partial charge in [-0.1, -0.05) is 10.8 Å². The van der Waals surface area contributed by atoms with E-state index in [1.165, 1.54) is 0 Å². The van der Waals surface area contributed by atoms with Crippen molar-refractivity contribution in [2.75, 3.05) is 19.1 Å². The van der Waals surface area contributed by atoms with E-state index in [1.807, 2.05) is 19.1 Å². The monoisotopic (exact) mass is 488 g/mol. The molecule has 1 aliphatic rings. The van der Waals surface area contributed by atoms with E-state index in [0.29, 0.717) is 34.6 Å². The highest BCUT2D eigenvalue weighted by Crippen LogP contribution is 2.40. The quantitative estimate of drug-likeness (QED) is 0.438. The van der Waals surface area contributed by atoms with Crippen LogP contribution in [0.15, 0.2) is 52.2 Å². The number of hydrogen-bond donors (Lipinski definition) is 2. The first kappa shape index (κ1) is 23.8. The predicted octanol–water partition coefficient (Wildman–Crippen LogP) is 2.47. The smallest absolute Gasteiger partial charge is 0.217 e. The first-order valence-electron chi connectivity index (χ1n) is 10.4. The van der Waals surface area contributed by atoms with Crippen molar-refractivity contribution in [3.63, 3.8) is 0 Å². The van der Waals surface area contributed by atoms with Crippen LogP contribution in [0, 0.1) is 12.7 Å². The summed E-state index contributed by atoms with van der Waals surface area (Å²) in [5.74, 6) is 2.63. The molecule has 34 heavy (non-hydrogen) atoms. The highest BCUT2D eigenvalue weighted by Gasteiger charge is 2.39. The van der Waals surface area contributed by atoms with Crippen LogP contribution >= 0.6 is 0 Å². The summed E-state index contributed by atoms with van der Waals surface area (Å²) in [7, 11) is 3.11. The lowest BCUT2D eigenvalue weighted by Gasteiger charge is -2.30. The SMILES string of the molecule is COc1cccc(OC)c1N1C(c2ccc(C)o2)=NNC1N[S+]([O-])C(C)Cc1ncc(F)cn1. The van der Waals surface area contributed by atoms with Gasteiger partial charge in [0.15, 0.2) is 17.4 Å². The fourth-order valence-electron chi connectivity index (χ4n) is 3.47. The number of benzene rings is 1. The molecule has 0 amide bonds. The van der Waals surface area contributed by atoms with Gasteiger partial charge in [0.05, 0.1) is 33.0 Å². The van der Waals surface area contributed by atoms with Gasteiger partial charge in [-0.05, 0) is 38.1 Å². The minimum Gasteiger partial charge on any atom is -0.598 e. The van der Waals surface area contributed by atoms with Crippen LogP contribution in [0.25, 0.3) is 0 Å². The molecule has 3 unspecified atom stereocenters. The van der Waals surface area contributed by atoms with Gasteiger partial charge < -0.3 is 18.4 Å². The van der Waals surface area contributed by atoms with Gasteiger partial charge >= 0.3 is 0 Å². The van der Waals surface area contributed by atoms with Crippen molar-refractivity contribution in [3.8, 4) is 11.5 Å². The molecule has 12 heteroatoms. The van der Waals surface area contributed by atoms with E-state index in [4.69, 9.17) is 13.9 Å². The van der Waals surface area contributed by atoms with Crippen molar-refractivity contribution in [2.45, 2.75) is 31.8 Å². The number of nitrogens with zero attached hydrogens (tertiary/aromatic N) is 4. The molecule has 0 fully saturated rings. The molecule has 0 bridgehead atoms. The van der Waals surface area contributed by atoms with E-state index in [1.54, 1.807) is 44.2 Å². The topological polar surface area (TPSA) is 120 Å². The molecule has 0 spiro atoms. The summed E-state index contributed by atoms with van der Waals surface area (Å²) in [5.41, 5.74) is 3.56. The van der Waals surface area contributed by atoms with Crippen LogP contribution in [-0.2, 0) is 17.8 Å². The molecule has 3 heterocycles. The molecule has 2 aromatic heterocycles. The molecule has 4 rings (SSSR count). The zero-order chi connectivity index (χ0) is 24.2. The van der Waals surface area contributed by atoms with Gasteiger partial charge in [-0.3, -0.25) is 10.3 Å². The largest absolute Gasteiger partial charge is 0.598 e. The number of furan rings is 1. The molecule has 180 valence electrons. The summed E-state index contributed by atoms with van der Waals surface area (Å²) < 4.78 is 46.3. The molecule has 0 radical (unpaired) electrons. The first-order valence-corrected chi connectivity index (χ1v) is 11.7. The average Bonchev–Trinajstić information content (AvgIpc) is 3.45. The number of ether oxygens (including phenoxy) is 2. The van der Waals surface area contributed by atoms with E-state index < -0.39 is 23.5 Å². The van der Waals surface area contributed by atoms with Crippen LogP contribution in [-0.4, -0.2) is 46.1 Å². The van der Waals surface area contributed by atoms with Gasteiger partial charge in [-0.15, -0.1) is 0 Å². The Morgan fingerprint density at radius 1 is 1.21 bits per heavy atom. The number of amidine groups is 1. The number of halogens is 1. The molecule has 0 saturated carbocycles. The van der Waals surface area contributed by atoms with Crippen molar-refractivity contribution >= 4 is 22.9 Å². The molecule has 0 saturated heterocycles. The highest BCUT2D eigenvalue weighted by molar-refractivity contribution is 7.90. The Balaban J connectivity index is 1.62. The fourth-order valence-corrected chi connectivity index (χ4v) is 4.38. The Hall–Kier alpha value is -3.35. The molecule has 1 aliphatic heterocycles. The number of hydrogen-bond acceptors (Lipinski definition) is 10. The Morgan fingerprint density at radius 3 is 2.47 bits per heavy atom. The average molecular weight is 489 g/mol. The minimum absolute atomic E-state index is 0.287. The summed E-state index contributed by atoms with van der Waals surface area (Å²) in [4.78, 5) is 9.68. The van der Waals surface area contributed by atoms with E-state index in [-0.39, 0.29) is 11.7 Å². The maximum Gasteiger partial charge on any atom is 0.217 e. The second-order valence-corrected chi connectivity index (χ2v) is 9.14. The lowest BCUT2D eigenvalue weighted by Crippen LogP contribution is -2.54. The van der Waals surface area contributed by atoms with Crippen LogP contribution in [0.1, 0.15) is 24.3 Å². The number of aryl methyl sites for hydroxylation is 1. The summed E-state index contributed by atoms with van der Waals surface area (Å²) in [6.45, 7) is 3.63. The molecular weight excluding hydrogens is 463 g/mol. The van der Waals surface area contributed by atoms with Crippen LogP contribution in [0.4, 0.5) is 10.1 Å². The van der Waals surface area contributed by atoms with Crippen LogP contribution in [0.3, 0.4) is 0 Å². The third-order valence-corrected chi connectivity index (χ3v) is 6.47. The summed E-state index contributed by atoms with van der Waals surface area (Å²) in [6, 6.07) is 9.04. The Labute approximate surface area is 199 Å². The molecule has 3 aromatic rings. The van der Waals surface area contributed by atoms with Gasteiger partial charge in [-0.25, -0.2) is 14.4 Å². The minimum atomic E-state index is -1.55. The molecule has 0 aliphatic carbocycles. The molecule has 3 atom stereocenters. The fraction of sp³-hybridized carbons (Fsp3) is 0.318. The summed E-state index contributed by atoms with van der Waals surface area (Å²) in [6.07, 6.45) is 1.74. The Bertz CT molecular complexity index is 1140. The van der Waals surface area contributed by atoms with Crippen LogP contribution < -0.4 is 24.5 Å². The summed E-state index contributed by atoms with van der Waals surface area (Å²) >= 11 is -1.55. The second kappa shape index (κ2) is 10.3. The van der Waals surface area contributed by atoms with Gasteiger partial charge in [0.1, 0.15) is 34.0 Å². The molecular formula is C22H25FN6O4S. The van der Waals surface area contributed by atoms with Crippen molar-refractivity contribution in [1.82, 2.24) is 20.1 Å². The van der Waals surface area contributed by atoms with E-state index >= 15 is 0 Å². The third-order valence-electron chi connectivity index (χ3n) is 5.12. The number of hydrazone groups is 1. The van der Waals surface area contributed by atoms with Crippen LogP contribution in [0.5, 0.6) is 11.5 Å². The van der Waals surface area contributed by atoms with Gasteiger partial charge in [0.2, 0.25) is 6.29 Å².